The summed E-state index contributed by atoms with van der Waals surface area (Å²) < 4.78 is 32.5. The van der Waals surface area contributed by atoms with Gasteiger partial charge in [-0.2, -0.15) is 0 Å². The second-order valence-corrected chi connectivity index (χ2v) is 6.84. The van der Waals surface area contributed by atoms with Gasteiger partial charge in [0.25, 0.3) is 0 Å². The molecule has 0 amide bonds. The van der Waals surface area contributed by atoms with Crippen molar-refractivity contribution in [2.75, 3.05) is 6.61 Å². The quantitative estimate of drug-likeness (QED) is 0.316. The molecule has 174 valence electrons. The van der Waals surface area contributed by atoms with E-state index in [-0.39, 0.29) is 17.9 Å². The first-order chi connectivity index (χ1) is 15.1. The zero-order chi connectivity index (χ0) is 23.8. The summed E-state index contributed by atoms with van der Waals surface area (Å²) in [4.78, 5) is 58.0. The molecule has 11 nitrogen and oxygen atoms in total. The van der Waals surface area contributed by atoms with Crippen LogP contribution in [-0.2, 0) is 42.9 Å². The number of aldehydes is 1. The van der Waals surface area contributed by atoms with Crippen LogP contribution in [0.2, 0.25) is 0 Å². The third kappa shape index (κ3) is 6.77. The van der Waals surface area contributed by atoms with E-state index in [0.717, 1.165) is 20.8 Å². The minimum atomic E-state index is -1.41. The van der Waals surface area contributed by atoms with Gasteiger partial charge in [0, 0.05) is 27.7 Å². The maximum atomic E-state index is 11.8. The number of esters is 4. The van der Waals surface area contributed by atoms with Gasteiger partial charge in [-0.1, -0.05) is 12.1 Å². The highest BCUT2D eigenvalue weighted by Crippen LogP contribution is 2.31. The average molecular weight is 452 g/mol. The molecule has 32 heavy (non-hydrogen) atoms. The van der Waals surface area contributed by atoms with Crippen LogP contribution >= 0.6 is 0 Å². The second-order valence-electron chi connectivity index (χ2n) is 6.84. The second kappa shape index (κ2) is 11.2. The van der Waals surface area contributed by atoms with Gasteiger partial charge in [-0.3, -0.25) is 24.0 Å². The Labute approximate surface area is 183 Å². The van der Waals surface area contributed by atoms with Crippen molar-refractivity contribution in [3.63, 3.8) is 0 Å². The maximum absolute atomic E-state index is 11.8. The lowest BCUT2D eigenvalue weighted by molar-refractivity contribution is -0.288. The zero-order valence-electron chi connectivity index (χ0n) is 18.0. The molecular formula is C21H24O11. The van der Waals surface area contributed by atoms with Gasteiger partial charge in [-0.25, -0.2) is 0 Å². The summed E-state index contributed by atoms with van der Waals surface area (Å²) in [6.45, 7) is 4.14. The molecule has 1 heterocycles. The molecule has 0 N–H and O–H groups in total. The number of hydrogen-bond acceptors (Lipinski definition) is 11. The Bertz CT molecular complexity index is 865. The molecule has 0 bridgehead atoms. The first-order valence-corrected chi connectivity index (χ1v) is 9.63. The summed E-state index contributed by atoms with van der Waals surface area (Å²) in [6.07, 6.45) is -6.03. The van der Waals surface area contributed by atoms with Crippen LogP contribution in [0.4, 0.5) is 0 Å². The van der Waals surface area contributed by atoms with Crippen LogP contribution < -0.4 is 4.74 Å². The number of para-hydroxylation sites is 1. The fraction of sp³-hybridized carbons (Fsp3) is 0.476. The highest BCUT2D eigenvalue weighted by atomic mass is 16.7. The third-order valence-electron chi connectivity index (χ3n) is 4.24. The zero-order valence-corrected chi connectivity index (χ0v) is 18.0. The van der Waals surface area contributed by atoms with Gasteiger partial charge in [0.15, 0.2) is 18.5 Å². The van der Waals surface area contributed by atoms with E-state index in [9.17, 15) is 24.0 Å². The summed E-state index contributed by atoms with van der Waals surface area (Å²) in [7, 11) is 0. The van der Waals surface area contributed by atoms with Crippen molar-refractivity contribution < 1.29 is 52.4 Å². The molecule has 0 spiro atoms. The van der Waals surface area contributed by atoms with Crippen molar-refractivity contribution in [1.82, 2.24) is 0 Å². The Kier molecular flexibility index (Phi) is 8.71. The van der Waals surface area contributed by atoms with E-state index in [1.54, 1.807) is 12.1 Å². The number of benzene rings is 1. The first kappa shape index (κ1) is 24.8. The van der Waals surface area contributed by atoms with Crippen LogP contribution in [0, 0.1) is 0 Å². The van der Waals surface area contributed by atoms with Crippen molar-refractivity contribution in [3.8, 4) is 5.75 Å². The number of rotatable bonds is 8. The predicted molar refractivity (Wildman–Crippen MR) is 104 cm³/mol. The monoisotopic (exact) mass is 452 g/mol. The Hall–Kier alpha value is -3.47. The molecule has 1 aromatic rings. The Morgan fingerprint density at radius 3 is 1.97 bits per heavy atom. The van der Waals surface area contributed by atoms with Gasteiger partial charge < -0.3 is 28.4 Å². The molecule has 0 radical (unpaired) electrons. The van der Waals surface area contributed by atoms with Gasteiger partial charge in [0.1, 0.15) is 18.5 Å². The van der Waals surface area contributed by atoms with Gasteiger partial charge in [0.05, 0.1) is 5.56 Å². The average Bonchev–Trinajstić information content (AvgIpc) is 2.70. The van der Waals surface area contributed by atoms with Crippen LogP contribution in [-0.4, -0.2) is 67.5 Å². The summed E-state index contributed by atoms with van der Waals surface area (Å²) >= 11 is 0. The minimum Gasteiger partial charge on any atom is -0.463 e. The van der Waals surface area contributed by atoms with Crippen molar-refractivity contribution in [1.29, 1.82) is 0 Å². The molecule has 1 saturated heterocycles. The van der Waals surface area contributed by atoms with Gasteiger partial charge in [0.2, 0.25) is 12.4 Å². The maximum Gasteiger partial charge on any atom is 0.303 e. The molecule has 0 saturated carbocycles. The lowest BCUT2D eigenvalue weighted by atomic mass is 9.98. The van der Waals surface area contributed by atoms with Crippen LogP contribution in [0.1, 0.15) is 38.1 Å². The number of carbonyl (C=O) groups excluding carboxylic acids is 5. The molecule has 1 aromatic carbocycles. The van der Waals surface area contributed by atoms with E-state index in [0.29, 0.717) is 6.29 Å². The summed E-state index contributed by atoms with van der Waals surface area (Å²) in [5, 5.41) is 0. The predicted octanol–water partition coefficient (Wildman–Crippen LogP) is 0.961. The summed E-state index contributed by atoms with van der Waals surface area (Å²) in [5.74, 6) is -2.79. The highest BCUT2D eigenvalue weighted by molar-refractivity contribution is 5.79. The lowest BCUT2D eigenvalue weighted by Gasteiger charge is -2.44. The number of hydrogen-bond donors (Lipinski definition) is 0. The molecule has 1 fully saturated rings. The lowest BCUT2D eigenvalue weighted by Crippen LogP contribution is -2.63. The Balaban J connectivity index is 2.49. The molecule has 1 aliphatic heterocycles. The fourth-order valence-electron chi connectivity index (χ4n) is 3.09. The standard InChI is InChI=1S/C21H24O11/c1-11(23)27-10-17-18(28-12(2)24)19(29-13(3)25)20(30-14(4)26)21(32-17)31-16-8-6-5-7-15(16)9-22/h5-9,17-21H,10H2,1-4H3/t17-,18-,19+,20-,21-/m0/s1. The Morgan fingerprint density at radius 1 is 0.844 bits per heavy atom. The SMILES string of the molecule is CC(=O)OC[C@@H]1O[C@H](Oc2ccccc2C=O)[C@@H](OC(C)=O)[C@H](OC(C)=O)[C@H]1OC(C)=O. The van der Waals surface area contributed by atoms with Crippen molar-refractivity contribution >= 4 is 30.2 Å². The minimum absolute atomic E-state index is 0.100. The normalized spacial score (nSPS) is 24.6. The third-order valence-corrected chi connectivity index (χ3v) is 4.24. The molecule has 11 heteroatoms. The van der Waals surface area contributed by atoms with Crippen LogP contribution in [0.3, 0.4) is 0 Å². The smallest absolute Gasteiger partial charge is 0.303 e. The van der Waals surface area contributed by atoms with E-state index >= 15 is 0 Å². The van der Waals surface area contributed by atoms with Crippen LogP contribution in [0.5, 0.6) is 5.75 Å². The molecule has 2 rings (SSSR count). The van der Waals surface area contributed by atoms with Gasteiger partial charge >= 0.3 is 23.9 Å². The van der Waals surface area contributed by atoms with Crippen molar-refractivity contribution in [3.05, 3.63) is 29.8 Å². The van der Waals surface area contributed by atoms with Gasteiger partial charge in [-0.05, 0) is 12.1 Å². The molecule has 0 aromatic heterocycles. The fourth-order valence-corrected chi connectivity index (χ4v) is 3.09. The van der Waals surface area contributed by atoms with Crippen molar-refractivity contribution in [2.45, 2.75) is 58.4 Å². The van der Waals surface area contributed by atoms with Crippen molar-refractivity contribution in [2.24, 2.45) is 0 Å². The summed E-state index contributed by atoms with van der Waals surface area (Å²) in [5.41, 5.74) is 0.181. The molecule has 1 aliphatic rings. The van der Waals surface area contributed by atoms with E-state index in [2.05, 4.69) is 0 Å². The number of carbonyl (C=O) groups is 5. The molecule has 5 atom stereocenters. The molecule has 0 unspecified atom stereocenters. The highest BCUT2D eigenvalue weighted by Gasteiger charge is 2.53. The topological polar surface area (TPSA) is 141 Å². The molecule has 0 aliphatic carbocycles. The molecular weight excluding hydrogens is 428 g/mol. The van der Waals surface area contributed by atoms with Crippen LogP contribution in [0.15, 0.2) is 24.3 Å². The van der Waals surface area contributed by atoms with E-state index in [1.165, 1.54) is 19.1 Å². The van der Waals surface area contributed by atoms with E-state index in [1.807, 2.05) is 0 Å². The largest absolute Gasteiger partial charge is 0.463 e. The summed E-state index contributed by atoms with van der Waals surface area (Å²) in [6, 6.07) is 6.20. The van der Waals surface area contributed by atoms with Gasteiger partial charge in [-0.15, -0.1) is 0 Å². The van der Waals surface area contributed by atoms with E-state index < -0.39 is 54.6 Å². The Morgan fingerprint density at radius 2 is 1.41 bits per heavy atom. The van der Waals surface area contributed by atoms with E-state index in [4.69, 9.17) is 28.4 Å². The first-order valence-electron chi connectivity index (χ1n) is 9.63. The van der Waals surface area contributed by atoms with Crippen LogP contribution in [0.25, 0.3) is 0 Å². The number of ether oxygens (including phenoxy) is 6.